The van der Waals surface area contributed by atoms with Crippen molar-refractivity contribution in [3.8, 4) is 0 Å². The molecule has 0 spiro atoms. The molecule has 2 rings (SSSR count). The smallest absolute Gasteiger partial charge is 0.227 e. The first-order valence-corrected chi connectivity index (χ1v) is 8.03. The highest BCUT2D eigenvalue weighted by atomic mass is 16.2. The predicted molar refractivity (Wildman–Crippen MR) is 87.8 cm³/mol. The molecule has 1 aromatic rings. The minimum atomic E-state index is -0.210. The second-order valence-corrected chi connectivity index (χ2v) is 6.47. The molecule has 1 atom stereocenters. The van der Waals surface area contributed by atoms with E-state index in [1.165, 1.54) is 0 Å². The molecule has 0 unspecified atom stereocenters. The Bertz CT molecular complexity index is 554. The van der Waals surface area contributed by atoms with Crippen molar-refractivity contribution in [1.29, 1.82) is 0 Å². The van der Waals surface area contributed by atoms with Crippen molar-refractivity contribution in [3.63, 3.8) is 0 Å². The zero-order valence-corrected chi connectivity index (χ0v) is 14.5. The molecule has 128 valence electrons. The third-order valence-corrected chi connectivity index (χ3v) is 4.36. The standard InChI is InChI=1S/C16H27N5O2/c1-13-17-5-6-20(13)10-8-19(4)16(23)14-11-15(22)21(12-14)9-7-18(2)3/h5-6,14H,7-12H2,1-4H3/t14-/m1/s1. The van der Waals surface area contributed by atoms with Gasteiger partial charge < -0.3 is 19.3 Å². The molecule has 0 bridgehead atoms. The summed E-state index contributed by atoms with van der Waals surface area (Å²) in [5.41, 5.74) is 0. The van der Waals surface area contributed by atoms with E-state index in [1.807, 2.05) is 43.7 Å². The highest BCUT2D eigenvalue weighted by Gasteiger charge is 2.35. The summed E-state index contributed by atoms with van der Waals surface area (Å²) < 4.78 is 2.02. The van der Waals surface area contributed by atoms with Gasteiger partial charge in [0.1, 0.15) is 5.82 Å². The summed E-state index contributed by atoms with van der Waals surface area (Å²) in [6.07, 6.45) is 4.01. The topological polar surface area (TPSA) is 61.7 Å². The molecule has 2 amide bonds. The fourth-order valence-corrected chi connectivity index (χ4v) is 2.79. The number of amides is 2. The van der Waals surface area contributed by atoms with E-state index in [9.17, 15) is 9.59 Å². The molecule has 2 heterocycles. The summed E-state index contributed by atoms with van der Waals surface area (Å²) >= 11 is 0. The predicted octanol–water partition coefficient (Wildman–Crippen LogP) is 0.0600. The van der Waals surface area contributed by atoms with Crippen molar-refractivity contribution in [2.45, 2.75) is 19.9 Å². The Morgan fingerprint density at radius 2 is 2.04 bits per heavy atom. The van der Waals surface area contributed by atoms with Crippen LogP contribution in [0, 0.1) is 12.8 Å². The maximum Gasteiger partial charge on any atom is 0.227 e. The van der Waals surface area contributed by atoms with Crippen LogP contribution < -0.4 is 0 Å². The number of carbonyl (C=O) groups excluding carboxylic acids is 2. The first-order valence-electron chi connectivity index (χ1n) is 8.03. The van der Waals surface area contributed by atoms with Crippen molar-refractivity contribution < 1.29 is 9.59 Å². The van der Waals surface area contributed by atoms with E-state index in [2.05, 4.69) is 4.98 Å². The Balaban J connectivity index is 1.83. The average Bonchev–Trinajstić information content (AvgIpc) is 3.07. The lowest BCUT2D eigenvalue weighted by molar-refractivity contribution is -0.134. The Morgan fingerprint density at radius 3 is 2.65 bits per heavy atom. The Kier molecular flexibility index (Phi) is 5.76. The lowest BCUT2D eigenvalue weighted by Gasteiger charge is -2.22. The lowest BCUT2D eigenvalue weighted by atomic mass is 10.1. The van der Waals surface area contributed by atoms with Gasteiger partial charge in [0.05, 0.1) is 5.92 Å². The van der Waals surface area contributed by atoms with Crippen LogP contribution in [0.15, 0.2) is 12.4 Å². The van der Waals surface area contributed by atoms with Gasteiger partial charge in [-0.2, -0.15) is 0 Å². The van der Waals surface area contributed by atoms with Crippen molar-refractivity contribution in [2.75, 3.05) is 47.3 Å². The molecule has 1 aromatic heterocycles. The van der Waals surface area contributed by atoms with Gasteiger partial charge in [-0.25, -0.2) is 4.98 Å². The summed E-state index contributed by atoms with van der Waals surface area (Å²) in [4.78, 5) is 34.3. The van der Waals surface area contributed by atoms with E-state index in [1.54, 1.807) is 16.0 Å². The van der Waals surface area contributed by atoms with Crippen LogP contribution in [0.2, 0.25) is 0 Å². The van der Waals surface area contributed by atoms with Gasteiger partial charge in [0.15, 0.2) is 0 Å². The summed E-state index contributed by atoms with van der Waals surface area (Å²) in [6, 6.07) is 0. The highest BCUT2D eigenvalue weighted by Crippen LogP contribution is 2.19. The van der Waals surface area contributed by atoms with Gasteiger partial charge >= 0.3 is 0 Å². The molecule has 23 heavy (non-hydrogen) atoms. The van der Waals surface area contributed by atoms with Crippen molar-refractivity contribution in [1.82, 2.24) is 24.3 Å². The zero-order valence-electron chi connectivity index (χ0n) is 14.5. The Hall–Kier alpha value is -1.89. The van der Waals surface area contributed by atoms with Crippen LogP contribution in [-0.2, 0) is 16.1 Å². The molecule has 1 fully saturated rings. The van der Waals surface area contributed by atoms with Crippen LogP contribution in [-0.4, -0.2) is 83.4 Å². The van der Waals surface area contributed by atoms with Gasteiger partial charge in [0, 0.05) is 58.6 Å². The molecule has 1 saturated heterocycles. The second-order valence-electron chi connectivity index (χ2n) is 6.47. The van der Waals surface area contributed by atoms with Crippen molar-refractivity contribution in [3.05, 3.63) is 18.2 Å². The number of imidazole rings is 1. The molecule has 0 N–H and O–H groups in total. The summed E-state index contributed by atoms with van der Waals surface area (Å²) in [5, 5.41) is 0. The van der Waals surface area contributed by atoms with Gasteiger partial charge in [-0.05, 0) is 21.0 Å². The minimum absolute atomic E-state index is 0.0588. The number of hydrogen-bond donors (Lipinski definition) is 0. The van der Waals surface area contributed by atoms with E-state index in [0.29, 0.717) is 26.1 Å². The van der Waals surface area contributed by atoms with E-state index in [4.69, 9.17) is 0 Å². The largest absolute Gasteiger partial charge is 0.344 e. The molecule has 0 aliphatic carbocycles. The molecule has 1 aliphatic heterocycles. The van der Waals surface area contributed by atoms with Crippen molar-refractivity contribution >= 4 is 11.8 Å². The number of aromatic nitrogens is 2. The van der Waals surface area contributed by atoms with Crippen molar-refractivity contribution in [2.24, 2.45) is 5.92 Å². The van der Waals surface area contributed by atoms with E-state index in [-0.39, 0.29) is 17.7 Å². The first-order chi connectivity index (χ1) is 10.9. The molecular weight excluding hydrogens is 294 g/mol. The van der Waals surface area contributed by atoms with Gasteiger partial charge in [0.25, 0.3) is 0 Å². The quantitative estimate of drug-likeness (QED) is 0.712. The van der Waals surface area contributed by atoms with Gasteiger partial charge in [0.2, 0.25) is 11.8 Å². The average molecular weight is 321 g/mol. The number of carbonyl (C=O) groups is 2. The normalized spacial score (nSPS) is 18.0. The molecule has 7 nitrogen and oxygen atoms in total. The van der Waals surface area contributed by atoms with E-state index >= 15 is 0 Å². The molecule has 0 radical (unpaired) electrons. The van der Waals surface area contributed by atoms with Crippen LogP contribution in [0.5, 0.6) is 0 Å². The Morgan fingerprint density at radius 1 is 1.30 bits per heavy atom. The fourth-order valence-electron chi connectivity index (χ4n) is 2.79. The summed E-state index contributed by atoms with van der Waals surface area (Å²) in [6.45, 7) is 5.34. The number of likely N-dealkylation sites (N-methyl/N-ethyl adjacent to an activating group) is 2. The maximum absolute atomic E-state index is 12.5. The monoisotopic (exact) mass is 321 g/mol. The SMILES string of the molecule is Cc1nccn1CCN(C)C(=O)[C@@H]1CC(=O)N(CCN(C)C)C1. The lowest BCUT2D eigenvalue weighted by Crippen LogP contribution is -2.37. The van der Waals surface area contributed by atoms with Gasteiger partial charge in [-0.1, -0.05) is 0 Å². The Labute approximate surface area is 137 Å². The molecule has 7 heteroatoms. The molecular formula is C16H27N5O2. The number of likely N-dealkylation sites (tertiary alicyclic amines) is 1. The van der Waals surface area contributed by atoms with Crippen LogP contribution in [0.25, 0.3) is 0 Å². The zero-order chi connectivity index (χ0) is 17.0. The van der Waals surface area contributed by atoms with Gasteiger partial charge in [-0.15, -0.1) is 0 Å². The third kappa shape index (κ3) is 4.54. The first kappa shape index (κ1) is 17.5. The highest BCUT2D eigenvalue weighted by molar-refractivity contribution is 5.89. The molecule has 0 aromatic carbocycles. The number of hydrogen-bond acceptors (Lipinski definition) is 4. The van der Waals surface area contributed by atoms with E-state index in [0.717, 1.165) is 18.9 Å². The van der Waals surface area contributed by atoms with Crippen LogP contribution in [0.4, 0.5) is 0 Å². The molecule has 1 aliphatic rings. The summed E-state index contributed by atoms with van der Waals surface area (Å²) in [7, 11) is 5.77. The number of aryl methyl sites for hydroxylation is 1. The van der Waals surface area contributed by atoms with E-state index < -0.39 is 0 Å². The van der Waals surface area contributed by atoms with Crippen LogP contribution in [0.3, 0.4) is 0 Å². The van der Waals surface area contributed by atoms with Crippen LogP contribution in [0.1, 0.15) is 12.2 Å². The summed E-state index contributed by atoms with van der Waals surface area (Å²) in [5.74, 6) is 0.878. The van der Waals surface area contributed by atoms with Crippen LogP contribution >= 0.6 is 0 Å². The fraction of sp³-hybridized carbons (Fsp3) is 0.688. The number of nitrogens with zero attached hydrogens (tertiary/aromatic N) is 5. The maximum atomic E-state index is 12.5. The minimum Gasteiger partial charge on any atom is -0.344 e. The van der Waals surface area contributed by atoms with Gasteiger partial charge in [-0.3, -0.25) is 9.59 Å². The number of rotatable bonds is 7. The second kappa shape index (κ2) is 7.59. The molecule has 0 saturated carbocycles. The third-order valence-electron chi connectivity index (χ3n) is 4.36.